The Balaban J connectivity index is 1.43. The number of pyridine rings is 1. The van der Waals surface area contributed by atoms with Gasteiger partial charge in [0, 0.05) is 54.1 Å². The molecule has 0 bridgehead atoms. The molecular formula is C28H29Cl2FN4O4. The highest BCUT2D eigenvalue weighted by atomic mass is 35.5. The second kappa shape index (κ2) is 12.6. The molecule has 0 spiro atoms. The summed E-state index contributed by atoms with van der Waals surface area (Å²) in [6, 6.07) is 11.5. The number of nitrogen functional groups attached to an aromatic ring is 1. The molecule has 206 valence electrons. The number of nitrogens with two attached hydrogens (primary N) is 1. The van der Waals surface area contributed by atoms with Crippen LogP contribution in [-0.2, 0) is 9.53 Å². The van der Waals surface area contributed by atoms with Crippen molar-refractivity contribution in [3.63, 3.8) is 0 Å². The van der Waals surface area contributed by atoms with Crippen LogP contribution in [0.4, 0.5) is 10.2 Å². The number of nitrogens with zero attached hydrogens (tertiary/aromatic N) is 3. The Morgan fingerprint density at radius 2 is 1.77 bits per heavy atom. The summed E-state index contributed by atoms with van der Waals surface area (Å²) in [5, 5.41) is 0.163. The zero-order chi connectivity index (χ0) is 28.1. The molecule has 3 aromatic rings. The molecule has 1 fully saturated rings. The summed E-state index contributed by atoms with van der Waals surface area (Å²) in [6.45, 7) is 6.31. The lowest BCUT2D eigenvalue weighted by Crippen LogP contribution is -2.50. The summed E-state index contributed by atoms with van der Waals surface area (Å²) in [5.74, 6) is -0.482. The zero-order valence-corrected chi connectivity index (χ0v) is 23.1. The Morgan fingerprint density at radius 1 is 1.08 bits per heavy atom. The monoisotopic (exact) mass is 574 g/mol. The van der Waals surface area contributed by atoms with Crippen molar-refractivity contribution in [2.45, 2.75) is 20.0 Å². The van der Waals surface area contributed by atoms with Gasteiger partial charge >= 0.3 is 5.97 Å². The van der Waals surface area contributed by atoms with Gasteiger partial charge in [-0.15, -0.1) is 0 Å². The molecule has 2 aromatic carbocycles. The lowest BCUT2D eigenvalue weighted by atomic mass is 10.0. The SMILES string of the molecule is CCOC(=O)CN1CCN(C(=O)c2ccc(-c3cnc(N)c(OC(C)c4c(Cl)ccc(F)c4Cl)c3)cc2)CC1. The fourth-order valence-electron chi connectivity index (χ4n) is 4.36. The van der Waals surface area contributed by atoms with E-state index in [0.29, 0.717) is 43.9 Å². The number of ether oxygens (including phenoxy) is 2. The van der Waals surface area contributed by atoms with E-state index in [4.69, 9.17) is 38.4 Å². The van der Waals surface area contributed by atoms with E-state index in [-0.39, 0.29) is 40.0 Å². The van der Waals surface area contributed by atoms with Gasteiger partial charge in [-0.25, -0.2) is 9.37 Å². The van der Waals surface area contributed by atoms with Gasteiger partial charge in [-0.05, 0) is 49.7 Å². The maximum atomic E-state index is 14.0. The summed E-state index contributed by atoms with van der Waals surface area (Å²) in [6.07, 6.45) is 0.909. The van der Waals surface area contributed by atoms with E-state index >= 15 is 0 Å². The van der Waals surface area contributed by atoms with Crippen LogP contribution < -0.4 is 10.5 Å². The van der Waals surface area contributed by atoms with Crippen LogP contribution in [0, 0.1) is 5.82 Å². The van der Waals surface area contributed by atoms with Crippen molar-refractivity contribution in [2.75, 3.05) is 45.1 Å². The lowest BCUT2D eigenvalue weighted by Gasteiger charge is -2.34. The van der Waals surface area contributed by atoms with Crippen LogP contribution in [0.2, 0.25) is 10.0 Å². The second-order valence-corrected chi connectivity index (χ2v) is 9.86. The highest BCUT2D eigenvalue weighted by Crippen LogP contribution is 2.37. The van der Waals surface area contributed by atoms with E-state index in [1.165, 1.54) is 12.1 Å². The number of carbonyl (C=O) groups is 2. The number of carbonyl (C=O) groups excluding carboxylic acids is 2. The van der Waals surface area contributed by atoms with Gasteiger partial charge in [-0.3, -0.25) is 14.5 Å². The first-order valence-electron chi connectivity index (χ1n) is 12.5. The van der Waals surface area contributed by atoms with Gasteiger partial charge < -0.3 is 20.1 Å². The number of hydrogen-bond donors (Lipinski definition) is 1. The standard InChI is InChI=1S/C28H29Cl2FN4O4/c1-3-38-24(36)16-34-10-12-35(13-11-34)28(37)19-6-4-18(5-7-19)20-14-23(27(32)33-15-20)39-17(2)25-21(29)8-9-22(31)26(25)30/h4-9,14-15,17H,3,10-13,16H2,1-2H3,(H2,32,33). The molecule has 1 aromatic heterocycles. The number of halogens is 3. The van der Waals surface area contributed by atoms with Crippen molar-refractivity contribution in [3.05, 3.63) is 75.7 Å². The predicted molar refractivity (Wildman–Crippen MR) is 149 cm³/mol. The van der Waals surface area contributed by atoms with E-state index < -0.39 is 11.9 Å². The molecular weight excluding hydrogens is 546 g/mol. The van der Waals surface area contributed by atoms with Crippen LogP contribution in [0.15, 0.2) is 48.7 Å². The Kier molecular flexibility index (Phi) is 9.27. The minimum Gasteiger partial charge on any atom is -0.482 e. The predicted octanol–water partition coefficient (Wildman–Crippen LogP) is 5.24. The average molecular weight is 575 g/mol. The van der Waals surface area contributed by atoms with E-state index in [1.807, 2.05) is 17.0 Å². The molecule has 1 atom stereocenters. The van der Waals surface area contributed by atoms with Crippen molar-refractivity contribution >= 4 is 40.9 Å². The molecule has 1 amide bonds. The van der Waals surface area contributed by atoms with Crippen molar-refractivity contribution in [1.82, 2.24) is 14.8 Å². The molecule has 8 nitrogen and oxygen atoms in total. The van der Waals surface area contributed by atoms with Gasteiger partial charge in [-0.2, -0.15) is 0 Å². The Labute approximate surface area is 236 Å². The number of hydrogen-bond acceptors (Lipinski definition) is 7. The Morgan fingerprint density at radius 3 is 2.44 bits per heavy atom. The van der Waals surface area contributed by atoms with Crippen LogP contribution in [-0.4, -0.2) is 66.0 Å². The van der Waals surface area contributed by atoms with E-state index in [1.54, 1.807) is 43.1 Å². The van der Waals surface area contributed by atoms with Crippen LogP contribution in [0.3, 0.4) is 0 Å². The third kappa shape index (κ3) is 6.79. The van der Waals surface area contributed by atoms with Crippen molar-refractivity contribution in [3.8, 4) is 16.9 Å². The maximum Gasteiger partial charge on any atom is 0.320 e. The molecule has 1 unspecified atom stereocenters. The molecule has 0 aliphatic carbocycles. The molecule has 4 rings (SSSR count). The number of aromatic nitrogens is 1. The minimum absolute atomic E-state index is 0.0746. The van der Waals surface area contributed by atoms with Crippen molar-refractivity contribution in [2.24, 2.45) is 0 Å². The second-order valence-electron chi connectivity index (χ2n) is 9.08. The van der Waals surface area contributed by atoms with Gasteiger partial charge in [0.15, 0.2) is 11.6 Å². The number of anilines is 1. The van der Waals surface area contributed by atoms with Crippen molar-refractivity contribution in [1.29, 1.82) is 0 Å². The van der Waals surface area contributed by atoms with Gasteiger partial charge in [0.2, 0.25) is 0 Å². The summed E-state index contributed by atoms with van der Waals surface area (Å²) in [5.41, 5.74) is 8.43. The first-order valence-corrected chi connectivity index (χ1v) is 13.3. The molecule has 11 heteroatoms. The first-order chi connectivity index (χ1) is 18.7. The van der Waals surface area contributed by atoms with E-state index in [9.17, 15) is 14.0 Å². The van der Waals surface area contributed by atoms with Crippen LogP contribution in [0.5, 0.6) is 5.75 Å². The van der Waals surface area contributed by atoms with E-state index in [0.717, 1.165) is 11.1 Å². The highest BCUT2D eigenvalue weighted by Gasteiger charge is 2.24. The molecule has 0 saturated carbocycles. The number of esters is 1. The molecule has 0 radical (unpaired) electrons. The van der Waals surface area contributed by atoms with Gasteiger partial charge in [-0.1, -0.05) is 35.3 Å². The highest BCUT2D eigenvalue weighted by molar-refractivity contribution is 6.36. The molecule has 2 heterocycles. The van der Waals surface area contributed by atoms with Gasteiger partial charge in [0.1, 0.15) is 11.9 Å². The summed E-state index contributed by atoms with van der Waals surface area (Å²) >= 11 is 12.4. The molecule has 1 saturated heterocycles. The summed E-state index contributed by atoms with van der Waals surface area (Å²) < 4.78 is 25.0. The fourth-order valence-corrected chi connectivity index (χ4v) is 5.04. The molecule has 39 heavy (non-hydrogen) atoms. The summed E-state index contributed by atoms with van der Waals surface area (Å²) in [7, 11) is 0. The number of benzene rings is 2. The van der Waals surface area contributed by atoms with Crippen LogP contribution in [0.25, 0.3) is 11.1 Å². The number of amides is 1. The number of piperazine rings is 1. The average Bonchev–Trinajstić information content (AvgIpc) is 2.92. The maximum absolute atomic E-state index is 14.0. The zero-order valence-electron chi connectivity index (χ0n) is 21.6. The lowest BCUT2D eigenvalue weighted by molar-refractivity contribution is -0.144. The Hall–Kier alpha value is -3.40. The molecule has 1 aliphatic rings. The largest absolute Gasteiger partial charge is 0.482 e. The van der Waals surface area contributed by atoms with Crippen LogP contribution in [0.1, 0.15) is 35.9 Å². The fraction of sp³-hybridized carbons (Fsp3) is 0.321. The molecule has 2 N–H and O–H groups in total. The smallest absolute Gasteiger partial charge is 0.320 e. The Bertz CT molecular complexity index is 1350. The third-order valence-corrected chi connectivity index (χ3v) is 7.17. The van der Waals surface area contributed by atoms with Gasteiger partial charge in [0.25, 0.3) is 5.91 Å². The number of rotatable bonds is 8. The van der Waals surface area contributed by atoms with Gasteiger partial charge in [0.05, 0.1) is 18.2 Å². The minimum atomic E-state index is -0.696. The topological polar surface area (TPSA) is 98.0 Å². The van der Waals surface area contributed by atoms with Crippen LogP contribution >= 0.6 is 23.2 Å². The quantitative estimate of drug-likeness (QED) is 0.290. The summed E-state index contributed by atoms with van der Waals surface area (Å²) in [4.78, 5) is 32.7. The normalized spacial score (nSPS) is 14.6. The van der Waals surface area contributed by atoms with Crippen molar-refractivity contribution < 1.29 is 23.5 Å². The molecule has 1 aliphatic heterocycles. The first kappa shape index (κ1) is 28.6. The third-order valence-electron chi connectivity index (χ3n) is 6.45. The van der Waals surface area contributed by atoms with E-state index in [2.05, 4.69) is 4.98 Å².